The first-order valence-corrected chi connectivity index (χ1v) is 7.57. The zero-order chi connectivity index (χ0) is 16.3. The van der Waals surface area contributed by atoms with E-state index < -0.39 is 0 Å². The Morgan fingerprint density at radius 3 is 2.68 bits per heavy atom. The molecule has 0 aliphatic carbocycles. The lowest BCUT2D eigenvalue weighted by atomic mass is 9.96. The van der Waals surface area contributed by atoms with E-state index in [0.29, 0.717) is 26.1 Å². The fourth-order valence-corrected chi connectivity index (χ4v) is 3.00. The Morgan fingerprint density at radius 1 is 1.41 bits per heavy atom. The van der Waals surface area contributed by atoms with Crippen LogP contribution in [0, 0.1) is 25.7 Å². The highest BCUT2D eigenvalue weighted by atomic mass is 16.3. The van der Waals surface area contributed by atoms with Gasteiger partial charge in [0.2, 0.25) is 11.8 Å². The Morgan fingerprint density at radius 2 is 2.14 bits per heavy atom. The van der Waals surface area contributed by atoms with E-state index >= 15 is 0 Å². The van der Waals surface area contributed by atoms with Gasteiger partial charge in [-0.25, -0.2) is 0 Å². The molecule has 1 saturated heterocycles. The van der Waals surface area contributed by atoms with Crippen molar-refractivity contribution in [3.63, 3.8) is 0 Å². The van der Waals surface area contributed by atoms with Crippen molar-refractivity contribution in [1.29, 1.82) is 0 Å². The third kappa shape index (κ3) is 3.47. The van der Waals surface area contributed by atoms with Gasteiger partial charge in [-0.15, -0.1) is 0 Å². The molecule has 2 amide bonds. The molecule has 0 saturated carbocycles. The topological polar surface area (TPSA) is 87.5 Å². The molecule has 0 unspecified atom stereocenters. The molecule has 7 nitrogen and oxygen atoms in total. The Kier molecular flexibility index (Phi) is 5.18. The third-order valence-corrected chi connectivity index (χ3v) is 4.25. The van der Waals surface area contributed by atoms with Crippen molar-refractivity contribution in [3.05, 3.63) is 17.5 Å². The molecule has 22 heavy (non-hydrogen) atoms. The summed E-state index contributed by atoms with van der Waals surface area (Å²) in [7, 11) is 1.57. The highest BCUT2D eigenvalue weighted by Crippen LogP contribution is 2.24. The summed E-state index contributed by atoms with van der Waals surface area (Å²) in [6.45, 7) is 5.14. The Labute approximate surface area is 130 Å². The number of amides is 2. The molecular weight excluding hydrogens is 284 g/mol. The minimum Gasteiger partial charge on any atom is -0.396 e. The molecule has 2 N–H and O–H groups in total. The van der Waals surface area contributed by atoms with Crippen LogP contribution in [0.1, 0.15) is 17.8 Å². The molecule has 1 aliphatic heterocycles. The van der Waals surface area contributed by atoms with Crippen LogP contribution < -0.4 is 5.32 Å². The number of aromatic nitrogens is 2. The Balaban J connectivity index is 1.93. The number of hydrogen-bond acceptors (Lipinski definition) is 4. The van der Waals surface area contributed by atoms with Crippen molar-refractivity contribution in [1.82, 2.24) is 20.0 Å². The number of carbonyl (C=O) groups excluding carboxylic acids is 2. The molecule has 1 fully saturated rings. The summed E-state index contributed by atoms with van der Waals surface area (Å²) in [5.74, 6) is -0.629. The molecule has 0 spiro atoms. The van der Waals surface area contributed by atoms with Gasteiger partial charge in [0.15, 0.2) is 0 Å². The van der Waals surface area contributed by atoms with E-state index in [4.69, 9.17) is 0 Å². The molecular formula is C15H24N4O3. The minimum absolute atomic E-state index is 0.00240. The summed E-state index contributed by atoms with van der Waals surface area (Å²) in [4.78, 5) is 25.8. The zero-order valence-corrected chi connectivity index (χ0v) is 13.4. The second-order valence-electron chi connectivity index (χ2n) is 5.86. The van der Waals surface area contributed by atoms with Gasteiger partial charge >= 0.3 is 0 Å². The maximum absolute atomic E-state index is 12.3. The van der Waals surface area contributed by atoms with Crippen molar-refractivity contribution in [2.24, 2.45) is 11.8 Å². The number of hydrogen-bond donors (Lipinski definition) is 2. The van der Waals surface area contributed by atoms with Gasteiger partial charge in [0.25, 0.3) is 0 Å². The van der Waals surface area contributed by atoms with Gasteiger partial charge in [-0.3, -0.25) is 14.3 Å². The highest BCUT2D eigenvalue weighted by molar-refractivity contribution is 5.82. The van der Waals surface area contributed by atoms with Crippen LogP contribution in [0.25, 0.3) is 0 Å². The lowest BCUT2D eigenvalue weighted by Crippen LogP contribution is -2.34. The SMILES string of the molecule is CNC(=O)[C@@H]1CN(C(=O)CCn2nc(C)cc2C)C[C@H]1CO. The minimum atomic E-state index is -0.326. The van der Waals surface area contributed by atoms with Gasteiger partial charge in [0.05, 0.1) is 11.6 Å². The van der Waals surface area contributed by atoms with Crippen LogP contribution in [0.5, 0.6) is 0 Å². The van der Waals surface area contributed by atoms with Crippen LogP contribution in [0.4, 0.5) is 0 Å². The summed E-state index contributed by atoms with van der Waals surface area (Å²) in [6.07, 6.45) is 0.348. The summed E-state index contributed by atoms with van der Waals surface area (Å²) in [5.41, 5.74) is 1.97. The van der Waals surface area contributed by atoms with Crippen molar-refractivity contribution in [2.45, 2.75) is 26.8 Å². The molecule has 1 aromatic rings. The number of nitrogens with zero attached hydrogens (tertiary/aromatic N) is 3. The maximum Gasteiger partial charge on any atom is 0.225 e. The predicted molar refractivity (Wildman–Crippen MR) is 81.0 cm³/mol. The number of carbonyl (C=O) groups is 2. The van der Waals surface area contributed by atoms with Crippen LogP contribution in [0.3, 0.4) is 0 Å². The van der Waals surface area contributed by atoms with Gasteiger partial charge in [-0.2, -0.15) is 5.10 Å². The summed E-state index contributed by atoms with van der Waals surface area (Å²) in [5, 5.41) is 16.3. The first-order chi connectivity index (χ1) is 10.5. The monoisotopic (exact) mass is 308 g/mol. The lowest BCUT2D eigenvalue weighted by Gasteiger charge is -2.16. The van der Waals surface area contributed by atoms with E-state index in [-0.39, 0.29) is 30.3 Å². The van der Waals surface area contributed by atoms with Gasteiger partial charge in [-0.05, 0) is 19.9 Å². The quantitative estimate of drug-likeness (QED) is 0.782. The molecule has 1 aliphatic rings. The first kappa shape index (κ1) is 16.5. The van der Waals surface area contributed by atoms with E-state index in [1.807, 2.05) is 24.6 Å². The number of aliphatic hydroxyl groups is 1. The molecule has 0 aromatic carbocycles. The maximum atomic E-state index is 12.3. The van der Waals surface area contributed by atoms with E-state index in [9.17, 15) is 14.7 Å². The number of likely N-dealkylation sites (tertiary alicyclic amines) is 1. The van der Waals surface area contributed by atoms with Crippen LogP contribution in [0.15, 0.2) is 6.07 Å². The van der Waals surface area contributed by atoms with Gasteiger partial charge < -0.3 is 15.3 Å². The molecule has 0 radical (unpaired) electrons. The average Bonchev–Trinajstić information content (AvgIpc) is 3.07. The van der Waals surface area contributed by atoms with Crippen LogP contribution in [0.2, 0.25) is 0 Å². The van der Waals surface area contributed by atoms with Crippen LogP contribution in [-0.4, -0.2) is 58.3 Å². The molecule has 2 heterocycles. The molecule has 2 rings (SSSR count). The molecule has 122 valence electrons. The van der Waals surface area contributed by atoms with Crippen LogP contribution >= 0.6 is 0 Å². The zero-order valence-electron chi connectivity index (χ0n) is 13.4. The first-order valence-electron chi connectivity index (χ1n) is 7.57. The lowest BCUT2D eigenvalue weighted by molar-refractivity contribution is -0.131. The number of nitrogens with one attached hydrogen (secondary N) is 1. The summed E-state index contributed by atoms with van der Waals surface area (Å²) in [6, 6.07) is 1.98. The largest absolute Gasteiger partial charge is 0.396 e. The highest BCUT2D eigenvalue weighted by Gasteiger charge is 2.38. The van der Waals surface area contributed by atoms with Crippen molar-refractivity contribution in [2.75, 3.05) is 26.7 Å². The van der Waals surface area contributed by atoms with Crippen LogP contribution in [-0.2, 0) is 16.1 Å². The van der Waals surface area contributed by atoms with Crippen molar-refractivity contribution >= 4 is 11.8 Å². The second kappa shape index (κ2) is 6.91. The van der Waals surface area contributed by atoms with E-state index in [2.05, 4.69) is 10.4 Å². The smallest absolute Gasteiger partial charge is 0.225 e. The summed E-state index contributed by atoms with van der Waals surface area (Å²) >= 11 is 0. The van der Waals surface area contributed by atoms with Gasteiger partial charge in [0, 0.05) is 51.3 Å². The van der Waals surface area contributed by atoms with Gasteiger partial charge in [0.1, 0.15) is 0 Å². The van der Waals surface area contributed by atoms with E-state index in [1.165, 1.54) is 0 Å². The molecule has 7 heteroatoms. The fraction of sp³-hybridized carbons (Fsp3) is 0.667. The molecule has 1 aromatic heterocycles. The van der Waals surface area contributed by atoms with Gasteiger partial charge in [-0.1, -0.05) is 0 Å². The van der Waals surface area contributed by atoms with Crippen molar-refractivity contribution < 1.29 is 14.7 Å². The third-order valence-electron chi connectivity index (χ3n) is 4.25. The van der Waals surface area contributed by atoms with Crippen molar-refractivity contribution in [3.8, 4) is 0 Å². The Bertz CT molecular complexity index is 555. The van der Waals surface area contributed by atoms with E-state index in [0.717, 1.165) is 11.4 Å². The second-order valence-corrected chi connectivity index (χ2v) is 5.86. The average molecular weight is 308 g/mol. The number of aryl methyl sites for hydroxylation is 3. The number of rotatable bonds is 5. The fourth-order valence-electron chi connectivity index (χ4n) is 3.00. The number of aliphatic hydroxyl groups excluding tert-OH is 1. The van der Waals surface area contributed by atoms with E-state index in [1.54, 1.807) is 11.9 Å². The molecule has 0 bridgehead atoms. The standard InChI is InChI=1S/C15H24N4O3/c1-10-6-11(2)19(17-10)5-4-14(21)18-7-12(9-20)13(8-18)15(22)16-3/h6,12-13,20H,4-5,7-9H2,1-3H3,(H,16,22)/t12-,13+/m0/s1. The molecule has 2 atom stereocenters. The Hall–Kier alpha value is -1.89. The normalized spacial score (nSPS) is 21.2. The summed E-state index contributed by atoms with van der Waals surface area (Å²) < 4.78 is 1.82. The predicted octanol–water partition coefficient (Wildman–Crippen LogP) is -0.297.